The lowest BCUT2D eigenvalue weighted by Crippen LogP contribution is -2.23. The first-order valence-corrected chi connectivity index (χ1v) is 5.12. The van der Waals surface area contributed by atoms with Crippen LogP contribution in [0.2, 0.25) is 0 Å². The highest BCUT2D eigenvalue weighted by Gasteiger charge is 2.02. The summed E-state index contributed by atoms with van der Waals surface area (Å²) < 4.78 is 17.6. The van der Waals surface area contributed by atoms with Crippen molar-refractivity contribution >= 4 is 11.8 Å². The number of nitrogens with one attached hydrogen (secondary N) is 2. The molecule has 1 amide bonds. The normalized spacial score (nSPS) is 9.88. The van der Waals surface area contributed by atoms with Gasteiger partial charge in [-0.05, 0) is 24.7 Å². The van der Waals surface area contributed by atoms with E-state index in [1.54, 1.807) is 6.07 Å². The average molecular weight is 226 g/mol. The highest BCUT2D eigenvalue weighted by atomic mass is 19.1. The molecule has 0 atom stereocenters. The smallest absolute Gasteiger partial charge is 0.411 e. The van der Waals surface area contributed by atoms with Crippen LogP contribution in [0.1, 0.15) is 6.92 Å². The van der Waals surface area contributed by atoms with Crippen molar-refractivity contribution in [1.82, 2.24) is 5.32 Å². The monoisotopic (exact) mass is 226 g/mol. The molecular formula is C11H15FN2O2. The maximum Gasteiger partial charge on any atom is 0.411 e. The Hall–Kier alpha value is -1.62. The fourth-order valence-corrected chi connectivity index (χ4v) is 1.11. The SMILES string of the molecule is CCNCCOC(=O)Nc1cccc(F)c1. The van der Waals surface area contributed by atoms with Crippen molar-refractivity contribution in [2.45, 2.75) is 6.92 Å². The molecule has 0 fully saturated rings. The number of carbonyl (C=O) groups excluding carboxylic acids is 1. The van der Waals surface area contributed by atoms with E-state index in [0.29, 0.717) is 12.2 Å². The van der Waals surface area contributed by atoms with Crippen molar-refractivity contribution in [3.8, 4) is 0 Å². The topological polar surface area (TPSA) is 50.4 Å². The van der Waals surface area contributed by atoms with Crippen LogP contribution in [0.25, 0.3) is 0 Å². The number of benzene rings is 1. The number of hydrogen-bond donors (Lipinski definition) is 2. The first-order chi connectivity index (χ1) is 7.72. The fourth-order valence-electron chi connectivity index (χ4n) is 1.11. The van der Waals surface area contributed by atoms with E-state index in [1.807, 2.05) is 6.92 Å². The maximum atomic E-state index is 12.8. The van der Waals surface area contributed by atoms with Crippen molar-refractivity contribution < 1.29 is 13.9 Å². The molecule has 0 unspecified atom stereocenters. The summed E-state index contributed by atoms with van der Waals surface area (Å²) in [5, 5.41) is 5.44. The molecule has 1 aromatic rings. The fraction of sp³-hybridized carbons (Fsp3) is 0.364. The van der Waals surface area contributed by atoms with E-state index < -0.39 is 11.9 Å². The quantitative estimate of drug-likeness (QED) is 0.755. The molecule has 0 aliphatic heterocycles. The van der Waals surface area contributed by atoms with Gasteiger partial charge in [-0.2, -0.15) is 0 Å². The average Bonchev–Trinajstić information content (AvgIpc) is 2.24. The summed E-state index contributed by atoms with van der Waals surface area (Å²) in [5.41, 5.74) is 0.383. The van der Waals surface area contributed by atoms with E-state index >= 15 is 0 Å². The zero-order valence-corrected chi connectivity index (χ0v) is 9.13. The van der Waals surface area contributed by atoms with Gasteiger partial charge in [0.25, 0.3) is 0 Å². The van der Waals surface area contributed by atoms with Crippen LogP contribution in [0.15, 0.2) is 24.3 Å². The van der Waals surface area contributed by atoms with Gasteiger partial charge in [-0.3, -0.25) is 5.32 Å². The molecule has 4 nitrogen and oxygen atoms in total. The van der Waals surface area contributed by atoms with Crippen LogP contribution in [0, 0.1) is 5.82 Å². The van der Waals surface area contributed by atoms with Crippen molar-refractivity contribution in [1.29, 1.82) is 0 Å². The molecule has 2 N–H and O–H groups in total. The molecule has 0 radical (unpaired) electrons. The lowest BCUT2D eigenvalue weighted by Gasteiger charge is -2.07. The largest absolute Gasteiger partial charge is 0.448 e. The number of ether oxygens (including phenoxy) is 1. The number of carbonyl (C=O) groups is 1. The number of anilines is 1. The second-order valence-electron chi connectivity index (χ2n) is 3.12. The van der Waals surface area contributed by atoms with E-state index in [4.69, 9.17) is 4.74 Å². The standard InChI is InChI=1S/C11H15FN2O2/c1-2-13-6-7-16-11(15)14-10-5-3-4-9(12)8-10/h3-5,8,13H,2,6-7H2,1H3,(H,14,15). The molecule has 0 heterocycles. The van der Waals surface area contributed by atoms with Gasteiger partial charge < -0.3 is 10.1 Å². The third-order valence-electron chi connectivity index (χ3n) is 1.83. The van der Waals surface area contributed by atoms with Crippen molar-refractivity contribution in [2.24, 2.45) is 0 Å². The first kappa shape index (κ1) is 12.4. The van der Waals surface area contributed by atoms with Gasteiger partial charge in [0.15, 0.2) is 0 Å². The van der Waals surface area contributed by atoms with E-state index in [0.717, 1.165) is 6.54 Å². The second-order valence-corrected chi connectivity index (χ2v) is 3.12. The number of halogens is 1. The van der Waals surface area contributed by atoms with Gasteiger partial charge in [0.2, 0.25) is 0 Å². The predicted molar refractivity (Wildman–Crippen MR) is 59.9 cm³/mol. The molecule has 88 valence electrons. The number of rotatable bonds is 5. The number of hydrogen-bond acceptors (Lipinski definition) is 3. The van der Waals surface area contributed by atoms with Crippen LogP contribution in [-0.2, 0) is 4.74 Å². The molecule has 0 aliphatic rings. The van der Waals surface area contributed by atoms with Gasteiger partial charge in [-0.1, -0.05) is 13.0 Å². The molecule has 16 heavy (non-hydrogen) atoms. The lowest BCUT2D eigenvalue weighted by molar-refractivity contribution is 0.162. The molecule has 1 aromatic carbocycles. The third-order valence-corrected chi connectivity index (χ3v) is 1.83. The van der Waals surface area contributed by atoms with Gasteiger partial charge in [0.1, 0.15) is 12.4 Å². The van der Waals surface area contributed by atoms with E-state index in [-0.39, 0.29) is 6.61 Å². The molecule has 0 saturated carbocycles. The number of amides is 1. The van der Waals surface area contributed by atoms with Gasteiger partial charge in [-0.25, -0.2) is 9.18 Å². The van der Waals surface area contributed by atoms with Gasteiger partial charge in [0, 0.05) is 12.2 Å². The Kier molecular flexibility index (Phi) is 5.28. The van der Waals surface area contributed by atoms with Crippen molar-refractivity contribution in [3.05, 3.63) is 30.1 Å². The zero-order chi connectivity index (χ0) is 11.8. The van der Waals surface area contributed by atoms with Crippen molar-refractivity contribution in [3.63, 3.8) is 0 Å². The summed E-state index contributed by atoms with van der Waals surface area (Å²) in [5.74, 6) is -0.398. The van der Waals surface area contributed by atoms with Gasteiger partial charge >= 0.3 is 6.09 Å². The van der Waals surface area contributed by atoms with Crippen LogP contribution in [0.3, 0.4) is 0 Å². The van der Waals surface area contributed by atoms with Gasteiger partial charge in [-0.15, -0.1) is 0 Å². The minimum atomic E-state index is -0.580. The van der Waals surface area contributed by atoms with Crippen LogP contribution in [-0.4, -0.2) is 25.8 Å². The molecule has 5 heteroatoms. The lowest BCUT2D eigenvalue weighted by atomic mass is 10.3. The van der Waals surface area contributed by atoms with E-state index in [2.05, 4.69) is 10.6 Å². The summed E-state index contributed by atoms with van der Waals surface area (Å²) >= 11 is 0. The summed E-state index contributed by atoms with van der Waals surface area (Å²) in [7, 11) is 0. The Morgan fingerprint density at radius 1 is 1.50 bits per heavy atom. The maximum absolute atomic E-state index is 12.8. The van der Waals surface area contributed by atoms with Crippen molar-refractivity contribution in [2.75, 3.05) is 25.0 Å². The first-order valence-electron chi connectivity index (χ1n) is 5.12. The minimum absolute atomic E-state index is 0.287. The molecule has 0 bridgehead atoms. The molecule has 0 aromatic heterocycles. The third kappa shape index (κ3) is 4.75. The summed E-state index contributed by atoms with van der Waals surface area (Å²) in [6, 6.07) is 5.64. The summed E-state index contributed by atoms with van der Waals surface area (Å²) in [6.45, 7) is 3.68. The molecule has 0 saturated heterocycles. The predicted octanol–water partition coefficient (Wildman–Crippen LogP) is 1.98. The Balaban J connectivity index is 2.29. The Bertz CT molecular complexity index is 345. The highest BCUT2D eigenvalue weighted by molar-refractivity contribution is 5.84. The molecule has 1 rings (SSSR count). The van der Waals surface area contributed by atoms with E-state index in [1.165, 1.54) is 18.2 Å². The Morgan fingerprint density at radius 2 is 2.31 bits per heavy atom. The van der Waals surface area contributed by atoms with Crippen LogP contribution < -0.4 is 10.6 Å². The molecule has 0 aliphatic carbocycles. The zero-order valence-electron chi connectivity index (χ0n) is 9.13. The minimum Gasteiger partial charge on any atom is -0.448 e. The van der Waals surface area contributed by atoms with Gasteiger partial charge in [0.05, 0.1) is 0 Å². The highest BCUT2D eigenvalue weighted by Crippen LogP contribution is 2.08. The number of likely N-dealkylation sites (N-methyl/N-ethyl adjacent to an activating group) is 1. The van der Waals surface area contributed by atoms with Crippen LogP contribution in [0.5, 0.6) is 0 Å². The molecule has 0 spiro atoms. The Labute approximate surface area is 93.8 Å². The van der Waals surface area contributed by atoms with Crippen LogP contribution in [0.4, 0.5) is 14.9 Å². The van der Waals surface area contributed by atoms with E-state index in [9.17, 15) is 9.18 Å². The summed E-state index contributed by atoms with van der Waals surface area (Å²) in [6.07, 6.45) is -0.580. The van der Waals surface area contributed by atoms with Crippen LogP contribution >= 0.6 is 0 Å². The second kappa shape index (κ2) is 6.79. The molecular weight excluding hydrogens is 211 g/mol. The Morgan fingerprint density at radius 3 is 3.00 bits per heavy atom. The summed E-state index contributed by atoms with van der Waals surface area (Å²) in [4.78, 5) is 11.2.